The molecule has 0 heterocycles. The van der Waals surface area contributed by atoms with E-state index in [2.05, 4.69) is 33.1 Å². The van der Waals surface area contributed by atoms with Crippen LogP contribution in [0.2, 0.25) is 0 Å². The van der Waals surface area contributed by atoms with Crippen molar-refractivity contribution >= 4 is 49.9 Å². The Kier molecular flexibility index (Phi) is 7.39. The molecular weight excluding hydrogens is 532 g/mol. The van der Waals surface area contributed by atoms with Crippen LogP contribution in [-0.4, -0.2) is 26.6 Å². The fraction of sp³-hybridized carbons (Fsp3) is 0.0909. The van der Waals surface area contributed by atoms with Gasteiger partial charge in [0.2, 0.25) is 0 Å². The number of rotatable bonds is 7. The van der Waals surface area contributed by atoms with Gasteiger partial charge < -0.3 is 0 Å². The van der Waals surface area contributed by atoms with Crippen LogP contribution in [0.4, 0.5) is 10.1 Å². The Morgan fingerprint density at radius 1 is 1.00 bits per heavy atom. The van der Waals surface area contributed by atoms with E-state index >= 15 is 0 Å². The maximum atomic E-state index is 13.4. The minimum atomic E-state index is -4.06. The zero-order valence-corrected chi connectivity index (χ0v) is 19.5. The summed E-state index contributed by atoms with van der Waals surface area (Å²) >= 11 is 2.19. The maximum Gasteiger partial charge on any atom is 0.264 e. The molecule has 0 bridgehead atoms. The molecular formula is C22H19FIN3O3S. The summed E-state index contributed by atoms with van der Waals surface area (Å²) < 4.78 is 41.7. The summed E-state index contributed by atoms with van der Waals surface area (Å²) in [4.78, 5) is 12.6. The summed E-state index contributed by atoms with van der Waals surface area (Å²) in [6.07, 6.45) is 0. The Bertz CT molecular complexity index is 1180. The van der Waals surface area contributed by atoms with Crippen molar-refractivity contribution in [3.8, 4) is 0 Å². The lowest BCUT2D eigenvalue weighted by Gasteiger charge is -2.23. The summed E-state index contributed by atoms with van der Waals surface area (Å²) in [5.41, 5.74) is 3.96. The number of hydrazone groups is 1. The van der Waals surface area contributed by atoms with E-state index in [9.17, 15) is 17.6 Å². The minimum absolute atomic E-state index is 0.0192. The summed E-state index contributed by atoms with van der Waals surface area (Å²) in [7, 11) is -4.06. The third-order valence-electron chi connectivity index (χ3n) is 4.34. The first kappa shape index (κ1) is 22.9. The van der Waals surface area contributed by atoms with Gasteiger partial charge in [0.1, 0.15) is 12.4 Å². The van der Waals surface area contributed by atoms with Gasteiger partial charge >= 0.3 is 0 Å². The lowest BCUT2D eigenvalue weighted by atomic mass is 10.1. The number of carbonyl (C=O) groups is 1. The predicted octanol–water partition coefficient (Wildman–Crippen LogP) is 4.17. The van der Waals surface area contributed by atoms with E-state index in [0.29, 0.717) is 5.71 Å². The lowest BCUT2D eigenvalue weighted by molar-refractivity contribution is -0.119. The Morgan fingerprint density at radius 3 is 2.23 bits per heavy atom. The van der Waals surface area contributed by atoms with Crippen LogP contribution >= 0.6 is 22.6 Å². The molecule has 1 N–H and O–H groups in total. The number of hydrogen-bond acceptors (Lipinski definition) is 4. The summed E-state index contributed by atoms with van der Waals surface area (Å²) in [5.74, 6) is -1.14. The number of amides is 1. The van der Waals surface area contributed by atoms with Crippen molar-refractivity contribution in [1.82, 2.24) is 5.43 Å². The van der Waals surface area contributed by atoms with Crippen LogP contribution in [0.3, 0.4) is 0 Å². The van der Waals surface area contributed by atoms with Gasteiger partial charge in [-0.2, -0.15) is 5.10 Å². The van der Waals surface area contributed by atoms with Crippen LogP contribution < -0.4 is 9.73 Å². The molecule has 0 unspecified atom stereocenters. The molecule has 0 radical (unpaired) electrons. The highest BCUT2D eigenvalue weighted by molar-refractivity contribution is 14.1. The second kappa shape index (κ2) is 10.0. The number of hydrogen-bond donors (Lipinski definition) is 1. The fourth-order valence-electron chi connectivity index (χ4n) is 2.71. The van der Waals surface area contributed by atoms with E-state index < -0.39 is 28.3 Å². The van der Waals surface area contributed by atoms with E-state index in [-0.39, 0.29) is 10.6 Å². The van der Waals surface area contributed by atoms with Crippen molar-refractivity contribution in [1.29, 1.82) is 0 Å². The zero-order chi connectivity index (χ0) is 22.4. The molecule has 9 heteroatoms. The molecule has 160 valence electrons. The number of carbonyl (C=O) groups excluding carboxylic acids is 1. The monoisotopic (exact) mass is 551 g/mol. The van der Waals surface area contributed by atoms with Crippen molar-refractivity contribution in [2.24, 2.45) is 5.10 Å². The second-order valence-corrected chi connectivity index (χ2v) is 9.65. The molecule has 0 aromatic heterocycles. The standard InChI is InChI=1S/C22H19FIN3O3S/c1-16(17-7-11-19(24)12-8-17)25-26-22(28)15-27(20-13-9-18(23)10-14-20)31(29,30)21-5-3-2-4-6-21/h2-14H,15H2,1H3,(H,26,28)/b25-16-. The van der Waals surface area contributed by atoms with Gasteiger partial charge in [0, 0.05) is 3.57 Å². The van der Waals surface area contributed by atoms with Gasteiger partial charge in [-0.25, -0.2) is 18.2 Å². The second-order valence-electron chi connectivity index (χ2n) is 6.54. The topological polar surface area (TPSA) is 78.8 Å². The van der Waals surface area contributed by atoms with Crippen LogP contribution in [0.25, 0.3) is 0 Å². The molecule has 0 fully saturated rings. The Labute approximate surface area is 194 Å². The van der Waals surface area contributed by atoms with Gasteiger partial charge in [-0.15, -0.1) is 0 Å². The molecule has 3 rings (SSSR count). The molecule has 0 aliphatic carbocycles. The van der Waals surface area contributed by atoms with Crippen molar-refractivity contribution < 1.29 is 17.6 Å². The molecule has 0 atom stereocenters. The summed E-state index contributed by atoms with van der Waals surface area (Å²) in [6, 6.07) is 20.2. The Hall–Kier alpha value is -2.79. The summed E-state index contributed by atoms with van der Waals surface area (Å²) in [6.45, 7) is 1.22. The molecule has 3 aromatic carbocycles. The average Bonchev–Trinajstić information content (AvgIpc) is 2.77. The largest absolute Gasteiger partial charge is 0.271 e. The van der Waals surface area contributed by atoms with E-state index in [1.165, 1.54) is 24.3 Å². The highest BCUT2D eigenvalue weighted by Crippen LogP contribution is 2.23. The predicted molar refractivity (Wildman–Crippen MR) is 127 cm³/mol. The maximum absolute atomic E-state index is 13.4. The third kappa shape index (κ3) is 5.88. The number of sulfonamides is 1. The lowest BCUT2D eigenvalue weighted by Crippen LogP contribution is -2.39. The van der Waals surface area contributed by atoms with Gasteiger partial charge in [0.25, 0.3) is 15.9 Å². The number of nitrogens with zero attached hydrogens (tertiary/aromatic N) is 2. The number of benzene rings is 3. The van der Waals surface area contributed by atoms with Crippen molar-refractivity contribution in [2.75, 3.05) is 10.8 Å². The number of nitrogens with one attached hydrogen (secondary N) is 1. The smallest absolute Gasteiger partial charge is 0.264 e. The Morgan fingerprint density at radius 2 is 1.61 bits per heavy atom. The molecule has 1 amide bonds. The number of halogens is 2. The molecule has 0 spiro atoms. The molecule has 31 heavy (non-hydrogen) atoms. The van der Waals surface area contributed by atoms with Crippen LogP contribution in [0.5, 0.6) is 0 Å². The van der Waals surface area contributed by atoms with E-state index in [4.69, 9.17) is 0 Å². The first-order chi connectivity index (χ1) is 14.8. The zero-order valence-electron chi connectivity index (χ0n) is 16.5. The van der Waals surface area contributed by atoms with Crippen molar-refractivity contribution in [3.63, 3.8) is 0 Å². The highest BCUT2D eigenvalue weighted by Gasteiger charge is 2.27. The van der Waals surface area contributed by atoms with Gasteiger partial charge in [-0.05, 0) is 83.6 Å². The fourth-order valence-corrected chi connectivity index (χ4v) is 4.51. The van der Waals surface area contributed by atoms with Gasteiger partial charge in [0.05, 0.1) is 16.3 Å². The molecule has 6 nitrogen and oxygen atoms in total. The van der Waals surface area contributed by atoms with Crippen molar-refractivity contribution in [3.05, 3.63) is 93.8 Å². The quantitative estimate of drug-likeness (QED) is 0.272. The summed E-state index contributed by atoms with van der Waals surface area (Å²) in [5, 5.41) is 4.07. The molecule has 3 aromatic rings. The van der Waals surface area contributed by atoms with E-state index in [0.717, 1.165) is 25.6 Å². The Balaban J connectivity index is 1.84. The molecule has 0 saturated carbocycles. The highest BCUT2D eigenvalue weighted by atomic mass is 127. The van der Waals surface area contributed by atoms with Crippen LogP contribution in [-0.2, 0) is 14.8 Å². The third-order valence-corrected chi connectivity index (χ3v) is 6.85. The van der Waals surface area contributed by atoms with E-state index in [1.807, 2.05) is 24.3 Å². The van der Waals surface area contributed by atoms with Gasteiger partial charge in [0.15, 0.2) is 0 Å². The first-order valence-electron chi connectivity index (χ1n) is 9.20. The van der Waals surface area contributed by atoms with Crippen LogP contribution in [0.1, 0.15) is 12.5 Å². The number of anilines is 1. The van der Waals surface area contributed by atoms with E-state index in [1.54, 1.807) is 25.1 Å². The van der Waals surface area contributed by atoms with Crippen LogP contribution in [0, 0.1) is 9.39 Å². The van der Waals surface area contributed by atoms with Gasteiger partial charge in [-0.1, -0.05) is 30.3 Å². The average molecular weight is 551 g/mol. The normalized spacial score (nSPS) is 11.8. The van der Waals surface area contributed by atoms with Gasteiger partial charge in [-0.3, -0.25) is 9.10 Å². The first-order valence-corrected chi connectivity index (χ1v) is 11.7. The molecule has 0 aliphatic heterocycles. The molecule has 0 aliphatic rings. The van der Waals surface area contributed by atoms with Crippen LogP contribution in [0.15, 0.2) is 88.9 Å². The van der Waals surface area contributed by atoms with Crippen molar-refractivity contribution in [2.45, 2.75) is 11.8 Å². The minimum Gasteiger partial charge on any atom is -0.271 e. The SMILES string of the molecule is C/C(=N/NC(=O)CN(c1ccc(F)cc1)S(=O)(=O)c1ccccc1)c1ccc(I)cc1. The molecule has 0 saturated heterocycles.